The lowest BCUT2D eigenvalue weighted by Crippen LogP contribution is -2.01. The molecule has 3 heteroatoms. The molecule has 0 aliphatic heterocycles. The number of ether oxygens (including phenoxy) is 1. The van der Waals surface area contributed by atoms with Crippen molar-refractivity contribution in [2.24, 2.45) is 0 Å². The van der Waals surface area contributed by atoms with E-state index in [2.05, 4.69) is 34.6 Å². The van der Waals surface area contributed by atoms with Gasteiger partial charge in [-0.2, -0.15) is 0 Å². The average molecular weight is 264 g/mol. The van der Waals surface area contributed by atoms with E-state index in [0.29, 0.717) is 5.88 Å². The number of benzene rings is 2. The maximum Gasteiger partial charge on any atom is 0.223 e. The Balaban J connectivity index is 1.95. The van der Waals surface area contributed by atoms with Gasteiger partial charge in [0.1, 0.15) is 0 Å². The van der Waals surface area contributed by atoms with Gasteiger partial charge < -0.3 is 10.1 Å². The predicted molar refractivity (Wildman–Crippen MR) is 82.1 cm³/mol. The van der Waals surface area contributed by atoms with Crippen LogP contribution in [0.15, 0.2) is 60.8 Å². The Labute approximate surface area is 118 Å². The zero-order valence-electron chi connectivity index (χ0n) is 11.3. The minimum Gasteiger partial charge on any atom is -0.480 e. The highest BCUT2D eigenvalue weighted by molar-refractivity contribution is 5.97. The molecule has 0 saturated carbocycles. The molecule has 3 nitrogen and oxygen atoms in total. The molecular weight excluding hydrogens is 248 g/mol. The van der Waals surface area contributed by atoms with Crippen molar-refractivity contribution in [3.8, 4) is 5.88 Å². The molecule has 1 heterocycles. The summed E-state index contributed by atoms with van der Waals surface area (Å²) in [5, 5.41) is 5.60. The zero-order chi connectivity index (χ0) is 13.8. The maximum absolute atomic E-state index is 5.37. The van der Waals surface area contributed by atoms with Crippen LogP contribution in [0.5, 0.6) is 5.88 Å². The Morgan fingerprint density at radius 2 is 1.85 bits per heavy atom. The van der Waals surface area contributed by atoms with Gasteiger partial charge in [-0.3, -0.25) is 0 Å². The molecule has 1 N–H and O–H groups in total. The summed E-state index contributed by atoms with van der Waals surface area (Å²) >= 11 is 0. The molecule has 0 unspecified atom stereocenters. The van der Waals surface area contributed by atoms with Crippen LogP contribution in [0.1, 0.15) is 5.56 Å². The second-order valence-electron chi connectivity index (χ2n) is 4.56. The van der Waals surface area contributed by atoms with Crippen LogP contribution in [0, 0.1) is 0 Å². The summed E-state index contributed by atoms with van der Waals surface area (Å²) in [6, 6.07) is 18.5. The third-order valence-corrected chi connectivity index (χ3v) is 3.28. The molecule has 0 radical (unpaired) electrons. The fraction of sp³-hybridized carbons (Fsp3) is 0.118. The fourth-order valence-corrected chi connectivity index (χ4v) is 2.29. The summed E-state index contributed by atoms with van der Waals surface area (Å²) in [7, 11) is 1.65. The first-order chi connectivity index (χ1) is 9.88. The minimum absolute atomic E-state index is 0.652. The summed E-state index contributed by atoms with van der Waals surface area (Å²) < 4.78 is 5.37. The van der Waals surface area contributed by atoms with Crippen LogP contribution in [0.25, 0.3) is 10.8 Å². The molecule has 20 heavy (non-hydrogen) atoms. The molecule has 0 aliphatic rings. The van der Waals surface area contributed by atoms with Crippen molar-refractivity contribution in [3.05, 3.63) is 66.4 Å². The van der Waals surface area contributed by atoms with Gasteiger partial charge in [0.05, 0.1) is 12.5 Å². The van der Waals surface area contributed by atoms with Crippen molar-refractivity contribution >= 4 is 16.5 Å². The van der Waals surface area contributed by atoms with Crippen LogP contribution in [0.2, 0.25) is 0 Å². The number of hydrogen-bond acceptors (Lipinski definition) is 3. The molecule has 0 saturated heterocycles. The smallest absolute Gasteiger partial charge is 0.223 e. The van der Waals surface area contributed by atoms with Crippen LogP contribution in [-0.2, 0) is 6.54 Å². The van der Waals surface area contributed by atoms with Gasteiger partial charge in [-0.1, -0.05) is 42.5 Å². The SMILES string of the molecule is COc1nccc2cccc(NCc3ccccc3)c12. The van der Waals surface area contributed by atoms with E-state index < -0.39 is 0 Å². The van der Waals surface area contributed by atoms with Gasteiger partial charge in [0.25, 0.3) is 0 Å². The molecule has 0 atom stereocenters. The van der Waals surface area contributed by atoms with Gasteiger partial charge in [0.2, 0.25) is 5.88 Å². The van der Waals surface area contributed by atoms with Gasteiger partial charge in [-0.25, -0.2) is 4.98 Å². The van der Waals surface area contributed by atoms with Gasteiger partial charge >= 0.3 is 0 Å². The average Bonchev–Trinajstić information content (AvgIpc) is 2.53. The Kier molecular flexibility index (Phi) is 3.50. The fourth-order valence-electron chi connectivity index (χ4n) is 2.29. The number of fused-ring (bicyclic) bond motifs is 1. The highest BCUT2D eigenvalue weighted by atomic mass is 16.5. The monoisotopic (exact) mass is 264 g/mol. The molecule has 2 aromatic carbocycles. The standard InChI is InChI=1S/C17H16N2O/c1-20-17-16-14(10-11-18-17)8-5-9-15(16)19-12-13-6-3-2-4-7-13/h2-11,19H,12H2,1H3. The molecule has 0 amide bonds. The first kappa shape index (κ1) is 12.5. The number of pyridine rings is 1. The number of methoxy groups -OCH3 is 1. The molecule has 3 rings (SSSR count). The lowest BCUT2D eigenvalue weighted by Gasteiger charge is -2.12. The maximum atomic E-state index is 5.37. The normalized spacial score (nSPS) is 10.4. The van der Waals surface area contributed by atoms with Crippen molar-refractivity contribution in [2.45, 2.75) is 6.54 Å². The molecule has 1 aromatic heterocycles. The van der Waals surface area contributed by atoms with E-state index >= 15 is 0 Å². The topological polar surface area (TPSA) is 34.1 Å². The van der Waals surface area contributed by atoms with Crippen LogP contribution in [-0.4, -0.2) is 12.1 Å². The number of nitrogens with zero attached hydrogens (tertiary/aromatic N) is 1. The van der Waals surface area contributed by atoms with Crippen molar-refractivity contribution in [3.63, 3.8) is 0 Å². The highest BCUT2D eigenvalue weighted by Crippen LogP contribution is 2.30. The quantitative estimate of drug-likeness (QED) is 0.777. The van der Waals surface area contributed by atoms with E-state index in [-0.39, 0.29) is 0 Å². The Morgan fingerprint density at radius 3 is 2.65 bits per heavy atom. The van der Waals surface area contributed by atoms with Crippen LogP contribution < -0.4 is 10.1 Å². The number of nitrogens with one attached hydrogen (secondary N) is 1. The summed E-state index contributed by atoms with van der Waals surface area (Å²) in [5.41, 5.74) is 2.28. The summed E-state index contributed by atoms with van der Waals surface area (Å²) in [6.45, 7) is 0.776. The third-order valence-electron chi connectivity index (χ3n) is 3.28. The van der Waals surface area contributed by atoms with Gasteiger partial charge in [0, 0.05) is 18.4 Å². The van der Waals surface area contributed by atoms with E-state index in [9.17, 15) is 0 Å². The number of aromatic nitrogens is 1. The summed E-state index contributed by atoms with van der Waals surface area (Å²) in [4.78, 5) is 4.28. The molecule has 0 spiro atoms. The van der Waals surface area contributed by atoms with E-state index in [1.807, 2.05) is 30.3 Å². The van der Waals surface area contributed by atoms with Crippen LogP contribution in [0.3, 0.4) is 0 Å². The van der Waals surface area contributed by atoms with Crippen LogP contribution in [0.4, 0.5) is 5.69 Å². The lowest BCUT2D eigenvalue weighted by atomic mass is 10.1. The summed E-state index contributed by atoms with van der Waals surface area (Å²) in [6.07, 6.45) is 1.77. The Hall–Kier alpha value is -2.55. The first-order valence-electron chi connectivity index (χ1n) is 6.58. The molecule has 3 aromatic rings. The molecular formula is C17H16N2O. The second-order valence-corrected chi connectivity index (χ2v) is 4.56. The van der Waals surface area contributed by atoms with Crippen molar-refractivity contribution < 1.29 is 4.74 Å². The van der Waals surface area contributed by atoms with E-state index in [4.69, 9.17) is 4.74 Å². The van der Waals surface area contributed by atoms with Gasteiger partial charge in [-0.15, -0.1) is 0 Å². The van der Waals surface area contributed by atoms with Crippen LogP contribution >= 0.6 is 0 Å². The van der Waals surface area contributed by atoms with E-state index in [0.717, 1.165) is 23.0 Å². The van der Waals surface area contributed by atoms with Crippen molar-refractivity contribution in [1.82, 2.24) is 4.98 Å². The summed E-state index contributed by atoms with van der Waals surface area (Å²) in [5.74, 6) is 0.652. The zero-order valence-corrected chi connectivity index (χ0v) is 11.3. The van der Waals surface area contributed by atoms with Gasteiger partial charge in [0.15, 0.2) is 0 Å². The Bertz CT molecular complexity index is 705. The predicted octanol–water partition coefficient (Wildman–Crippen LogP) is 3.86. The first-order valence-corrected chi connectivity index (χ1v) is 6.58. The number of anilines is 1. The van der Waals surface area contributed by atoms with E-state index in [1.54, 1.807) is 13.3 Å². The molecule has 0 bridgehead atoms. The largest absolute Gasteiger partial charge is 0.480 e. The highest BCUT2D eigenvalue weighted by Gasteiger charge is 2.07. The number of hydrogen-bond donors (Lipinski definition) is 1. The molecule has 0 fully saturated rings. The number of rotatable bonds is 4. The van der Waals surface area contributed by atoms with E-state index in [1.165, 1.54) is 5.56 Å². The Morgan fingerprint density at radius 1 is 1.00 bits per heavy atom. The third kappa shape index (κ3) is 2.43. The van der Waals surface area contributed by atoms with Crippen molar-refractivity contribution in [2.75, 3.05) is 12.4 Å². The minimum atomic E-state index is 0.652. The van der Waals surface area contributed by atoms with Gasteiger partial charge in [-0.05, 0) is 23.1 Å². The molecule has 0 aliphatic carbocycles. The molecule has 100 valence electrons. The second kappa shape index (κ2) is 5.61. The lowest BCUT2D eigenvalue weighted by molar-refractivity contribution is 0.403. The van der Waals surface area contributed by atoms with Crippen molar-refractivity contribution in [1.29, 1.82) is 0 Å².